The molecule has 7 atom stereocenters. The van der Waals surface area contributed by atoms with Crippen LogP contribution in [0.15, 0.2) is 65.2 Å². The van der Waals surface area contributed by atoms with Gasteiger partial charge in [-0.15, -0.1) is 4.36 Å². The van der Waals surface area contributed by atoms with Gasteiger partial charge in [0.25, 0.3) is 5.91 Å². The number of nitrogens with zero attached hydrogens (tertiary/aromatic N) is 4. The number of carbonyl (C=O) groups excluding carboxylic acids is 2. The van der Waals surface area contributed by atoms with Crippen LogP contribution in [0.5, 0.6) is 5.75 Å². The quantitative estimate of drug-likeness (QED) is 0.310. The molecule has 10 nitrogen and oxygen atoms in total. The first kappa shape index (κ1) is 34.4. The van der Waals surface area contributed by atoms with Gasteiger partial charge >= 0.3 is 0 Å². The lowest BCUT2D eigenvalue weighted by Crippen LogP contribution is -2.49. The van der Waals surface area contributed by atoms with Crippen LogP contribution in [0, 0.1) is 17.8 Å². The van der Waals surface area contributed by atoms with Crippen molar-refractivity contribution in [3.8, 4) is 5.75 Å². The standard InChI is InChI=1S/C39H46ClN5O5S/c1-44-33(15-17-41-44)30-21-31(30)38(47)43-51(48)18-5-3-4-8-35(49-2)29-12-9-27(29)22-45-23-39(16-6-7-25-19-28(40)11-13-32(25)39)24-50-36-14-10-26(20-34(36)45)37(46)42-51/h4,8,10-11,13-15,17,19-20,27,29-31,35H,3,5-7,9,12,16,18,21-24H2,1-2H3,(H,42,43,46,47,48)/b8-4+/t27-,29+,30+,31+,35-,39-,51?/m0/s1. The molecule has 2 aliphatic heterocycles. The largest absolute Gasteiger partial charge is 0.490 e. The number of anilines is 1. The molecule has 2 fully saturated rings. The van der Waals surface area contributed by atoms with Crippen molar-refractivity contribution in [3.05, 3.63) is 88.2 Å². The molecule has 3 aliphatic carbocycles. The fourth-order valence-corrected chi connectivity index (χ4v) is 10.7. The van der Waals surface area contributed by atoms with Gasteiger partial charge in [-0.2, -0.15) is 5.10 Å². The number of allylic oxidation sites excluding steroid dienone is 1. The molecular formula is C39H46ClN5O5S. The maximum atomic E-state index is 14.4. The van der Waals surface area contributed by atoms with Crippen LogP contribution >= 0.6 is 11.6 Å². The number of amides is 2. The van der Waals surface area contributed by atoms with E-state index < -0.39 is 15.8 Å². The molecule has 270 valence electrons. The number of hydrogen-bond donors (Lipinski definition) is 1. The van der Waals surface area contributed by atoms with E-state index in [-0.39, 0.29) is 35.0 Å². The van der Waals surface area contributed by atoms with Crippen molar-refractivity contribution in [1.82, 2.24) is 14.5 Å². The van der Waals surface area contributed by atoms with Gasteiger partial charge in [0.1, 0.15) is 15.7 Å². The van der Waals surface area contributed by atoms with Crippen molar-refractivity contribution < 1.29 is 23.3 Å². The lowest BCUT2D eigenvalue weighted by molar-refractivity contribution is -0.120. The number of rotatable bonds is 4. The first-order chi connectivity index (χ1) is 24.6. The summed E-state index contributed by atoms with van der Waals surface area (Å²) >= 11 is 6.46. The summed E-state index contributed by atoms with van der Waals surface area (Å²) in [7, 11) is 0.202. The summed E-state index contributed by atoms with van der Waals surface area (Å²) in [6.07, 6.45) is 12.8. The molecule has 1 spiro atoms. The van der Waals surface area contributed by atoms with Gasteiger partial charge in [0.2, 0.25) is 5.91 Å². The van der Waals surface area contributed by atoms with E-state index in [2.05, 4.69) is 43.4 Å². The van der Waals surface area contributed by atoms with Crippen LogP contribution in [-0.4, -0.2) is 64.5 Å². The molecule has 3 aromatic rings. The summed E-state index contributed by atoms with van der Waals surface area (Å²) in [5.41, 5.74) is 4.42. The van der Waals surface area contributed by atoms with Crippen LogP contribution in [0.4, 0.5) is 5.69 Å². The van der Waals surface area contributed by atoms with Gasteiger partial charge in [0, 0.05) is 67.0 Å². The fourth-order valence-electron chi connectivity index (χ4n) is 8.91. The maximum absolute atomic E-state index is 14.4. The number of aryl methyl sites for hydroxylation is 2. The fraction of sp³-hybridized carbons (Fsp3) is 0.513. The average Bonchev–Trinajstić information content (AvgIpc) is 3.81. The highest BCUT2D eigenvalue weighted by molar-refractivity contribution is 7.92. The number of nitrogens with one attached hydrogen (secondary N) is 1. The summed E-state index contributed by atoms with van der Waals surface area (Å²) in [4.78, 5) is 29.8. The highest BCUT2D eigenvalue weighted by Gasteiger charge is 2.47. The second-order valence-electron chi connectivity index (χ2n) is 15.1. The van der Waals surface area contributed by atoms with E-state index in [1.807, 2.05) is 31.3 Å². The second-order valence-corrected chi connectivity index (χ2v) is 17.6. The Kier molecular flexibility index (Phi) is 9.25. The highest BCUT2D eigenvalue weighted by atomic mass is 35.5. The number of methoxy groups -OCH3 is 1. The van der Waals surface area contributed by atoms with E-state index in [9.17, 15) is 13.8 Å². The molecule has 1 aromatic heterocycles. The van der Waals surface area contributed by atoms with Crippen molar-refractivity contribution in [2.75, 3.05) is 37.5 Å². The Hall–Kier alpha value is -3.67. The molecule has 3 heterocycles. The second kappa shape index (κ2) is 13.7. The van der Waals surface area contributed by atoms with Gasteiger partial charge in [0.05, 0.1) is 24.2 Å². The molecule has 2 amide bonds. The predicted octanol–water partition coefficient (Wildman–Crippen LogP) is 6.38. The van der Waals surface area contributed by atoms with E-state index in [1.54, 1.807) is 24.1 Å². The highest BCUT2D eigenvalue weighted by Crippen LogP contribution is 2.48. The summed E-state index contributed by atoms with van der Waals surface area (Å²) in [5.74, 6) is 0.245. The van der Waals surface area contributed by atoms with Crippen molar-refractivity contribution >= 4 is 39.0 Å². The number of aromatic nitrogens is 2. The summed E-state index contributed by atoms with van der Waals surface area (Å²) < 4.78 is 35.9. The molecule has 1 unspecified atom stereocenters. The summed E-state index contributed by atoms with van der Waals surface area (Å²) in [6, 6.07) is 13.5. The van der Waals surface area contributed by atoms with Crippen LogP contribution in [-0.2, 0) is 38.3 Å². The zero-order valence-corrected chi connectivity index (χ0v) is 30.8. The Morgan fingerprint density at radius 3 is 2.82 bits per heavy atom. The summed E-state index contributed by atoms with van der Waals surface area (Å²) in [6.45, 7) is 2.04. The predicted molar refractivity (Wildman–Crippen MR) is 198 cm³/mol. The van der Waals surface area contributed by atoms with Gasteiger partial charge in [-0.05, 0) is 111 Å². The Balaban J connectivity index is 1.15. The first-order valence-electron chi connectivity index (χ1n) is 18.2. The van der Waals surface area contributed by atoms with Crippen molar-refractivity contribution in [2.24, 2.45) is 29.2 Å². The van der Waals surface area contributed by atoms with Gasteiger partial charge in [0.15, 0.2) is 0 Å². The molecule has 1 N–H and O–H groups in total. The molecular weight excluding hydrogens is 686 g/mol. The minimum absolute atomic E-state index is 0.00129. The first-order valence-corrected chi connectivity index (χ1v) is 20.3. The molecule has 51 heavy (non-hydrogen) atoms. The van der Waals surface area contributed by atoms with Gasteiger partial charge in [-0.1, -0.05) is 29.8 Å². The number of fused-ring (bicyclic) bond motifs is 4. The molecule has 5 aliphatic rings. The third-order valence-corrected chi connectivity index (χ3v) is 13.9. The van der Waals surface area contributed by atoms with E-state index in [0.29, 0.717) is 49.0 Å². The Labute approximate surface area is 305 Å². The third-order valence-electron chi connectivity index (χ3n) is 11.9. The minimum Gasteiger partial charge on any atom is -0.490 e. The molecule has 2 saturated carbocycles. The van der Waals surface area contributed by atoms with Crippen LogP contribution in [0.3, 0.4) is 0 Å². The third kappa shape index (κ3) is 6.73. The Morgan fingerprint density at radius 2 is 2.04 bits per heavy atom. The molecule has 2 aromatic carbocycles. The maximum Gasteiger partial charge on any atom is 0.286 e. The zero-order valence-electron chi connectivity index (χ0n) is 29.3. The zero-order chi connectivity index (χ0) is 35.3. The minimum atomic E-state index is -3.42. The van der Waals surface area contributed by atoms with Crippen LogP contribution in [0.25, 0.3) is 0 Å². The van der Waals surface area contributed by atoms with Crippen LogP contribution in [0.2, 0.25) is 5.02 Å². The molecule has 0 radical (unpaired) electrons. The van der Waals surface area contributed by atoms with Crippen molar-refractivity contribution in [1.29, 1.82) is 0 Å². The number of benzene rings is 2. The molecule has 0 saturated heterocycles. The molecule has 12 heteroatoms. The van der Waals surface area contributed by atoms with Gasteiger partial charge in [-0.25, -0.2) is 4.21 Å². The van der Waals surface area contributed by atoms with Crippen molar-refractivity contribution in [3.63, 3.8) is 0 Å². The Morgan fingerprint density at radius 1 is 1.16 bits per heavy atom. The van der Waals surface area contributed by atoms with E-state index >= 15 is 0 Å². The Bertz CT molecular complexity index is 2000. The van der Waals surface area contributed by atoms with Gasteiger partial charge < -0.3 is 14.4 Å². The SMILES string of the molecule is CO[C@H]1/C=C/CCCS(=O)(NC(=O)[C@@H]2C[C@H]2c2ccnn2C)=NC(=O)c2ccc3c(c2)N(C[C@@H]2CC[C@H]21)C[C@@]1(CCCc2cc(Cl)ccc21)CO3. The van der Waals surface area contributed by atoms with Crippen LogP contribution in [0.1, 0.15) is 78.0 Å². The number of ether oxygens (including phenoxy) is 2. The van der Waals surface area contributed by atoms with Crippen LogP contribution < -0.4 is 14.4 Å². The topological polar surface area (TPSA) is 115 Å². The van der Waals surface area contributed by atoms with Gasteiger partial charge in [-0.3, -0.25) is 19.0 Å². The lowest BCUT2D eigenvalue weighted by atomic mass is 9.68. The lowest BCUT2D eigenvalue weighted by Gasteiger charge is -2.46. The number of carbonyl (C=O) groups is 2. The molecule has 8 rings (SSSR count). The van der Waals surface area contributed by atoms with E-state index in [0.717, 1.165) is 61.6 Å². The summed E-state index contributed by atoms with van der Waals surface area (Å²) in [5, 5.41) is 4.98. The number of hydrogen-bond acceptors (Lipinski definition) is 7. The number of halogens is 1. The normalized spacial score (nSPS) is 32.3. The van der Waals surface area contributed by atoms with Crippen molar-refractivity contribution in [2.45, 2.75) is 68.8 Å². The van der Waals surface area contributed by atoms with E-state index in [1.165, 1.54) is 11.1 Å². The molecule has 2 bridgehead atoms. The monoisotopic (exact) mass is 731 g/mol. The average molecular weight is 732 g/mol. The van der Waals surface area contributed by atoms with E-state index in [4.69, 9.17) is 21.1 Å². The smallest absolute Gasteiger partial charge is 0.286 e.